The maximum Gasteiger partial charge on any atom is 0.258 e. The van der Waals surface area contributed by atoms with Gasteiger partial charge < -0.3 is 23.7 Å². The van der Waals surface area contributed by atoms with Crippen molar-refractivity contribution >= 4 is 22.8 Å². The van der Waals surface area contributed by atoms with Gasteiger partial charge in [-0.3, -0.25) is 14.4 Å². The van der Waals surface area contributed by atoms with E-state index in [1.165, 1.54) is 42.4 Å². The van der Waals surface area contributed by atoms with Crippen molar-refractivity contribution in [2.24, 2.45) is 0 Å². The fourth-order valence-electron chi connectivity index (χ4n) is 4.50. The third-order valence-corrected chi connectivity index (χ3v) is 7.08. The summed E-state index contributed by atoms with van der Waals surface area (Å²) in [6.45, 7) is 3.58. The molecule has 0 aliphatic rings. The maximum absolute atomic E-state index is 13.9. The van der Waals surface area contributed by atoms with Crippen molar-refractivity contribution in [1.29, 1.82) is 0 Å². The fourth-order valence-corrected chi connectivity index (χ4v) is 4.50. The molecular formula is C32H33FN2O6. The van der Waals surface area contributed by atoms with Gasteiger partial charge in [-0.1, -0.05) is 31.2 Å². The van der Waals surface area contributed by atoms with E-state index in [0.29, 0.717) is 40.0 Å². The molecule has 0 saturated heterocycles. The molecule has 8 nitrogen and oxygen atoms in total. The second-order valence-electron chi connectivity index (χ2n) is 9.72. The number of para-hydroxylation sites is 1. The summed E-state index contributed by atoms with van der Waals surface area (Å²) in [7, 11) is 2.98. The number of fused-ring (bicyclic) bond motifs is 1. The standard InChI is InChI=1S/C32H33FN2O6/c1-5-21(2)35(32(38)27-15-14-25(39-3)16-29(27)40-4)19-30(36)34(17-22-10-12-24(33)13-11-22)18-23-20-41-28-9-7-6-8-26(28)31(23)37/h6-16,20-21H,5,17-19H2,1-4H3. The van der Waals surface area contributed by atoms with Crippen LogP contribution in [-0.4, -0.2) is 48.4 Å². The summed E-state index contributed by atoms with van der Waals surface area (Å²) in [5.74, 6) is -0.303. The first-order valence-corrected chi connectivity index (χ1v) is 13.3. The molecule has 0 radical (unpaired) electrons. The predicted octanol–water partition coefficient (Wildman–Crippen LogP) is 5.42. The number of benzene rings is 3. The number of hydrogen-bond acceptors (Lipinski definition) is 6. The first-order valence-electron chi connectivity index (χ1n) is 13.3. The molecule has 4 rings (SSSR count). The molecular weight excluding hydrogens is 527 g/mol. The van der Waals surface area contributed by atoms with E-state index < -0.39 is 5.82 Å². The lowest BCUT2D eigenvalue weighted by molar-refractivity contribution is -0.133. The summed E-state index contributed by atoms with van der Waals surface area (Å²) in [6.07, 6.45) is 1.96. The number of carbonyl (C=O) groups excluding carboxylic acids is 2. The zero-order valence-electron chi connectivity index (χ0n) is 23.6. The molecule has 9 heteroatoms. The monoisotopic (exact) mass is 560 g/mol. The van der Waals surface area contributed by atoms with Crippen LogP contribution in [0.25, 0.3) is 11.0 Å². The van der Waals surface area contributed by atoms with Gasteiger partial charge in [-0.2, -0.15) is 0 Å². The summed E-state index contributed by atoms with van der Waals surface area (Å²) < 4.78 is 30.0. The molecule has 4 aromatic rings. The van der Waals surface area contributed by atoms with Crippen molar-refractivity contribution in [3.63, 3.8) is 0 Å². The Bertz CT molecular complexity index is 1580. The van der Waals surface area contributed by atoms with Crippen molar-refractivity contribution in [1.82, 2.24) is 9.80 Å². The van der Waals surface area contributed by atoms with Crippen molar-refractivity contribution < 1.29 is 27.9 Å². The topological polar surface area (TPSA) is 89.3 Å². The van der Waals surface area contributed by atoms with E-state index in [1.54, 1.807) is 54.6 Å². The minimum atomic E-state index is -0.399. The average molecular weight is 561 g/mol. The molecule has 1 unspecified atom stereocenters. The molecule has 214 valence electrons. The van der Waals surface area contributed by atoms with E-state index in [9.17, 15) is 18.8 Å². The molecule has 0 spiro atoms. The highest BCUT2D eigenvalue weighted by Gasteiger charge is 2.28. The average Bonchev–Trinajstić information content (AvgIpc) is 3.00. The summed E-state index contributed by atoms with van der Waals surface area (Å²) in [5, 5.41) is 0.405. The van der Waals surface area contributed by atoms with Crippen molar-refractivity contribution in [2.75, 3.05) is 20.8 Å². The summed E-state index contributed by atoms with van der Waals surface area (Å²) in [4.78, 5) is 43.9. The second-order valence-corrected chi connectivity index (χ2v) is 9.72. The number of carbonyl (C=O) groups is 2. The molecule has 1 atom stereocenters. The Morgan fingerprint density at radius 2 is 1.71 bits per heavy atom. The van der Waals surface area contributed by atoms with Crippen LogP contribution in [-0.2, 0) is 17.9 Å². The molecule has 3 aromatic carbocycles. The van der Waals surface area contributed by atoms with Crippen LogP contribution in [0.2, 0.25) is 0 Å². The highest BCUT2D eigenvalue weighted by molar-refractivity contribution is 5.99. The number of methoxy groups -OCH3 is 2. The van der Waals surface area contributed by atoms with Crippen molar-refractivity contribution in [3.05, 3.63) is 106 Å². The van der Waals surface area contributed by atoms with Crippen LogP contribution in [0.1, 0.15) is 41.8 Å². The van der Waals surface area contributed by atoms with Crippen LogP contribution in [0.4, 0.5) is 4.39 Å². The summed E-state index contributed by atoms with van der Waals surface area (Å²) in [6, 6.07) is 17.3. The Morgan fingerprint density at radius 3 is 2.39 bits per heavy atom. The van der Waals surface area contributed by atoms with E-state index in [2.05, 4.69) is 0 Å². The predicted molar refractivity (Wildman–Crippen MR) is 153 cm³/mol. The third-order valence-electron chi connectivity index (χ3n) is 7.08. The number of hydrogen-bond donors (Lipinski definition) is 0. The minimum absolute atomic E-state index is 0.0578. The van der Waals surface area contributed by atoms with E-state index >= 15 is 0 Å². The van der Waals surface area contributed by atoms with Gasteiger partial charge in [0.25, 0.3) is 5.91 Å². The van der Waals surface area contributed by atoms with Gasteiger partial charge >= 0.3 is 0 Å². The van der Waals surface area contributed by atoms with Gasteiger partial charge in [0.2, 0.25) is 5.91 Å². The Labute approximate surface area is 237 Å². The Balaban J connectivity index is 1.67. The van der Waals surface area contributed by atoms with Crippen molar-refractivity contribution in [2.45, 2.75) is 39.4 Å². The van der Waals surface area contributed by atoms with Gasteiger partial charge in [-0.25, -0.2) is 4.39 Å². The van der Waals surface area contributed by atoms with E-state index in [4.69, 9.17) is 13.9 Å². The first-order chi connectivity index (χ1) is 19.7. The van der Waals surface area contributed by atoms with E-state index in [0.717, 1.165) is 0 Å². The number of nitrogens with zero attached hydrogens (tertiary/aromatic N) is 2. The molecule has 0 aliphatic carbocycles. The molecule has 0 saturated carbocycles. The quantitative estimate of drug-likeness (QED) is 0.243. The lowest BCUT2D eigenvalue weighted by Crippen LogP contribution is -2.46. The second kappa shape index (κ2) is 13.1. The number of ether oxygens (including phenoxy) is 2. The molecule has 1 aromatic heterocycles. The Kier molecular flexibility index (Phi) is 9.39. The normalized spacial score (nSPS) is 11.6. The SMILES string of the molecule is CCC(C)N(CC(=O)N(Cc1ccc(F)cc1)Cc1coc2ccccc2c1=O)C(=O)c1ccc(OC)cc1OC. The van der Waals surface area contributed by atoms with Crippen LogP contribution in [0.5, 0.6) is 11.5 Å². The van der Waals surface area contributed by atoms with Gasteiger partial charge in [-0.15, -0.1) is 0 Å². The number of rotatable bonds is 11. The van der Waals surface area contributed by atoms with E-state index in [-0.39, 0.29) is 48.5 Å². The van der Waals surface area contributed by atoms with Gasteiger partial charge in [0.1, 0.15) is 29.4 Å². The molecule has 0 N–H and O–H groups in total. The van der Waals surface area contributed by atoms with Crippen LogP contribution < -0.4 is 14.9 Å². The van der Waals surface area contributed by atoms with Crippen molar-refractivity contribution in [3.8, 4) is 11.5 Å². The van der Waals surface area contributed by atoms with Gasteiger partial charge in [0, 0.05) is 18.7 Å². The maximum atomic E-state index is 13.9. The molecule has 2 amide bonds. The van der Waals surface area contributed by atoms with Gasteiger partial charge in [-0.05, 0) is 55.3 Å². The highest BCUT2D eigenvalue weighted by atomic mass is 19.1. The largest absolute Gasteiger partial charge is 0.497 e. The lowest BCUT2D eigenvalue weighted by Gasteiger charge is -2.31. The highest BCUT2D eigenvalue weighted by Crippen LogP contribution is 2.27. The lowest BCUT2D eigenvalue weighted by atomic mass is 10.1. The summed E-state index contributed by atoms with van der Waals surface area (Å²) >= 11 is 0. The Hall–Kier alpha value is -4.66. The molecule has 0 fully saturated rings. The van der Waals surface area contributed by atoms with Gasteiger partial charge in [0.05, 0.1) is 43.5 Å². The Morgan fingerprint density at radius 1 is 0.976 bits per heavy atom. The van der Waals surface area contributed by atoms with Crippen LogP contribution >= 0.6 is 0 Å². The summed E-state index contributed by atoms with van der Waals surface area (Å²) in [5.41, 5.74) is 1.45. The van der Waals surface area contributed by atoms with Crippen LogP contribution in [0, 0.1) is 5.82 Å². The first kappa shape index (κ1) is 29.3. The minimum Gasteiger partial charge on any atom is -0.497 e. The van der Waals surface area contributed by atoms with Crippen LogP contribution in [0.15, 0.2) is 82.2 Å². The van der Waals surface area contributed by atoms with Gasteiger partial charge in [0.15, 0.2) is 5.43 Å². The zero-order chi connectivity index (χ0) is 29.5. The van der Waals surface area contributed by atoms with E-state index in [1.807, 2.05) is 13.8 Å². The van der Waals surface area contributed by atoms with Crippen LogP contribution in [0.3, 0.4) is 0 Å². The molecule has 0 aliphatic heterocycles. The molecule has 0 bridgehead atoms. The molecule has 1 heterocycles. The molecule has 41 heavy (non-hydrogen) atoms. The fraction of sp³-hybridized carbons (Fsp3) is 0.281. The third kappa shape index (κ3) is 6.74. The zero-order valence-corrected chi connectivity index (χ0v) is 23.6. The number of amides is 2. The smallest absolute Gasteiger partial charge is 0.258 e. The number of halogens is 1.